The molecule has 2 saturated heterocycles. The molecule has 2 fully saturated rings. The van der Waals surface area contributed by atoms with Gasteiger partial charge < -0.3 is 9.47 Å². The van der Waals surface area contributed by atoms with Crippen LogP contribution in [0, 0.1) is 5.82 Å². The molecule has 3 heterocycles. The number of hydrogen-bond donors (Lipinski definition) is 0. The second kappa shape index (κ2) is 9.50. The summed E-state index contributed by atoms with van der Waals surface area (Å²) in [6.45, 7) is 3.66. The van der Waals surface area contributed by atoms with Crippen LogP contribution in [0.15, 0.2) is 67.3 Å². The monoisotopic (exact) mass is 482 g/mol. The standard InChI is InChI=1S/C26H31FN4O2S/c1-20-7-10-26(21-5-3-2-4-6-21)34(32,33)31(20)18-22-8-9-24(17-25(22)27)29-14-11-23(12-15-29)30-16-13-28-19-30/h2-6,8-9,13,16-17,19-20,23,26H,7,10-12,14-15,18H2,1H3/t20-,26?/m0/s1. The number of piperidine rings is 1. The van der Waals surface area contributed by atoms with Gasteiger partial charge in [0.05, 0.1) is 6.33 Å². The molecule has 5 rings (SSSR count). The lowest BCUT2D eigenvalue weighted by molar-refractivity contribution is 0.279. The lowest BCUT2D eigenvalue weighted by Gasteiger charge is -2.37. The Labute approximate surface area is 201 Å². The summed E-state index contributed by atoms with van der Waals surface area (Å²) in [6, 6.07) is 14.8. The molecule has 0 bridgehead atoms. The van der Waals surface area contributed by atoms with Crippen LogP contribution in [0.2, 0.25) is 0 Å². The normalized spacial score (nSPS) is 23.8. The molecule has 2 aliphatic rings. The maximum Gasteiger partial charge on any atom is 0.221 e. The van der Waals surface area contributed by atoms with Crippen LogP contribution in [0.1, 0.15) is 55.0 Å². The van der Waals surface area contributed by atoms with Gasteiger partial charge in [-0.1, -0.05) is 36.4 Å². The lowest BCUT2D eigenvalue weighted by atomic mass is 10.0. The quantitative estimate of drug-likeness (QED) is 0.518. The maximum atomic E-state index is 15.2. The van der Waals surface area contributed by atoms with E-state index in [1.165, 1.54) is 4.31 Å². The molecule has 0 N–H and O–H groups in total. The van der Waals surface area contributed by atoms with Crippen molar-refractivity contribution in [2.24, 2.45) is 0 Å². The molecule has 2 atom stereocenters. The van der Waals surface area contributed by atoms with E-state index in [1.807, 2.05) is 55.8 Å². The maximum absolute atomic E-state index is 15.2. The van der Waals surface area contributed by atoms with E-state index in [0.29, 0.717) is 18.0 Å². The van der Waals surface area contributed by atoms with Crippen molar-refractivity contribution in [3.05, 3.63) is 84.2 Å². The minimum atomic E-state index is -3.59. The Morgan fingerprint density at radius 3 is 2.47 bits per heavy atom. The highest BCUT2D eigenvalue weighted by molar-refractivity contribution is 7.89. The molecule has 2 aliphatic heterocycles. The predicted molar refractivity (Wildman–Crippen MR) is 131 cm³/mol. The van der Waals surface area contributed by atoms with E-state index in [9.17, 15) is 8.42 Å². The van der Waals surface area contributed by atoms with E-state index in [1.54, 1.807) is 18.3 Å². The highest BCUT2D eigenvalue weighted by Gasteiger charge is 2.40. The third-order valence-corrected chi connectivity index (χ3v) is 9.70. The van der Waals surface area contributed by atoms with Crippen molar-refractivity contribution in [1.29, 1.82) is 0 Å². The van der Waals surface area contributed by atoms with E-state index in [-0.39, 0.29) is 18.4 Å². The van der Waals surface area contributed by atoms with Crippen LogP contribution in [-0.4, -0.2) is 41.4 Å². The summed E-state index contributed by atoms with van der Waals surface area (Å²) in [5, 5.41) is -0.580. The van der Waals surface area contributed by atoms with Crippen LogP contribution in [0.25, 0.3) is 0 Å². The average Bonchev–Trinajstić information content (AvgIpc) is 3.38. The zero-order chi connectivity index (χ0) is 23.7. The highest BCUT2D eigenvalue weighted by Crippen LogP contribution is 2.38. The Morgan fingerprint density at radius 1 is 1.03 bits per heavy atom. The van der Waals surface area contributed by atoms with Gasteiger partial charge >= 0.3 is 0 Å². The van der Waals surface area contributed by atoms with Crippen LogP contribution >= 0.6 is 0 Å². The van der Waals surface area contributed by atoms with Crippen LogP contribution in [-0.2, 0) is 16.6 Å². The number of hydrogen-bond acceptors (Lipinski definition) is 4. The molecule has 0 spiro atoms. The molecule has 0 radical (unpaired) electrons. The van der Waals surface area contributed by atoms with Gasteiger partial charge in [0.2, 0.25) is 10.0 Å². The van der Waals surface area contributed by atoms with E-state index >= 15 is 4.39 Å². The fourth-order valence-corrected chi connectivity index (χ4v) is 7.48. The Morgan fingerprint density at radius 2 is 1.79 bits per heavy atom. The van der Waals surface area contributed by atoms with Gasteiger partial charge in [-0.15, -0.1) is 0 Å². The Bertz CT molecular complexity index is 1210. The third kappa shape index (κ3) is 4.49. The van der Waals surface area contributed by atoms with Crippen molar-refractivity contribution < 1.29 is 12.8 Å². The summed E-state index contributed by atoms with van der Waals surface area (Å²) in [4.78, 5) is 6.33. The molecule has 3 aromatic rings. The zero-order valence-electron chi connectivity index (χ0n) is 19.4. The molecule has 1 unspecified atom stereocenters. The van der Waals surface area contributed by atoms with Crippen molar-refractivity contribution in [1.82, 2.24) is 13.9 Å². The van der Waals surface area contributed by atoms with Gasteiger partial charge in [-0.3, -0.25) is 0 Å². The summed E-state index contributed by atoms with van der Waals surface area (Å²) < 4.78 is 45.8. The van der Waals surface area contributed by atoms with Gasteiger partial charge in [-0.2, -0.15) is 4.31 Å². The van der Waals surface area contributed by atoms with E-state index in [0.717, 1.165) is 43.6 Å². The lowest BCUT2D eigenvalue weighted by Crippen LogP contribution is -2.44. The van der Waals surface area contributed by atoms with E-state index < -0.39 is 15.3 Å². The Kier molecular flexibility index (Phi) is 6.44. The summed E-state index contributed by atoms with van der Waals surface area (Å²) >= 11 is 0. The number of aromatic nitrogens is 2. The molecule has 0 amide bonds. The number of nitrogens with zero attached hydrogens (tertiary/aromatic N) is 4. The second-order valence-electron chi connectivity index (χ2n) is 9.42. The average molecular weight is 483 g/mol. The van der Waals surface area contributed by atoms with E-state index in [4.69, 9.17) is 0 Å². The number of sulfonamides is 1. The third-order valence-electron chi connectivity index (χ3n) is 7.33. The first-order chi connectivity index (χ1) is 16.4. The predicted octanol–water partition coefficient (Wildman–Crippen LogP) is 4.92. The number of anilines is 1. The Hall–Kier alpha value is -2.71. The molecule has 8 heteroatoms. The van der Waals surface area contributed by atoms with Crippen molar-refractivity contribution in [2.75, 3.05) is 18.0 Å². The van der Waals surface area contributed by atoms with E-state index in [2.05, 4.69) is 14.5 Å². The molecule has 6 nitrogen and oxygen atoms in total. The number of imidazole rings is 1. The zero-order valence-corrected chi connectivity index (χ0v) is 20.2. The van der Waals surface area contributed by atoms with Crippen LogP contribution in [0.5, 0.6) is 0 Å². The van der Waals surface area contributed by atoms with Crippen molar-refractivity contribution in [3.63, 3.8) is 0 Å². The van der Waals surface area contributed by atoms with Crippen molar-refractivity contribution in [2.45, 2.75) is 56.5 Å². The summed E-state index contributed by atoms with van der Waals surface area (Å²) in [7, 11) is -3.59. The Balaban J connectivity index is 1.30. The molecule has 1 aromatic heterocycles. The van der Waals surface area contributed by atoms with Gasteiger partial charge in [0.25, 0.3) is 0 Å². The topological polar surface area (TPSA) is 58.4 Å². The van der Waals surface area contributed by atoms with Gasteiger partial charge in [0.1, 0.15) is 11.1 Å². The first kappa shape index (κ1) is 23.1. The fraction of sp³-hybridized carbons (Fsp3) is 0.423. The molecule has 34 heavy (non-hydrogen) atoms. The number of halogens is 1. The number of rotatable bonds is 5. The van der Waals surface area contributed by atoms with Crippen LogP contribution in [0.4, 0.5) is 10.1 Å². The minimum Gasteiger partial charge on any atom is -0.371 e. The van der Waals surface area contributed by atoms with Gasteiger partial charge in [-0.25, -0.2) is 17.8 Å². The van der Waals surface area contributed by atoms with Crippen molar-refractivity contribution in [3.8, 4) is 0 Å². The molecule has 180 valence electrons. The molecule has 0 saturated carbocycles. The summed E-state index contributed by atoms with van der Waals surface area (Å²) in [6.07, 6.45) is 8.94. The SMILES string of the molecule is C[C@H]1CCC(c2ccccc2)S(=O)(=O)N1Cc1ccc(N2CCC(n3ccnc3)CC2)cc1F. The van der Waals surface area contributed by atoms with Crippen LogP contribution < -0.4 is 4.90 Å². The molecular formula is C26H31FN4O2S. The molecular weight excluding hydrogens is 451 g/mol. The first-order valence-electron chi connectivity index (χ1n) is 12.0. The minimum absolute atomic E-state index is 0.0572. The van der Waals surface area contributed by atoms with Gasteiger partial charge in [-0.05, 0) is 50.3 Å². The molecule has 0 aliphatic carbocycles. The van der Waals surface area contributed by atoms with Crippen molar-refractivity contribution >= 4 is 15.7 Å². The second-order valence-corrected chi connectivity index (χ2v) is 11.5. The fourth-order valence-electron chi connectivity index (χ4n) is 5.29. The van der Waals surface area contributed by atoms with Crippen LogP contribution in [0.3, 0.4) is 0 Å². The highest BCUT2D eigenvalue weighted by atomic mass is 32.2. The number of benzene rings is 2. The van der Waals surface area contributed by atoms with Gasteiger partial charge in [0, 0.05) is 55.4 Å². The smallest absolute Gasteiger partial charge is 0.221 e. The first-order valence-corrected chi connectivity index (χ1v) is 13.5. The summed E-state index contributed by atoms with van der Waals surface area (Å²) in [5.41, 5.74) is 2.07. The summed E-state index contributed by atoms with van der Waals surface area (Å²) in [5.74, 6) is -0.349. The van der Waals surface area contributed by atoms with Gasteiger partial charge in [0.15, 0.2) is 0 Å². The molecule has 2 aromatic carbocycles. The largest absolute Gasteiger partial charge is 0.371 e.